The summed E-state index contributed by atoms with van der Waals surface area (Å²) in [4.78, 5) is 15.7. The summed E-state index contributed by atoms with van der Waals surface area (Å²) < 4.78 is 10.0. The van der Waals surface area contributed by atoms with Gasteiger partial charge in [0, 0.05) is 57.9 Å². The van der Waals surface area contributed by atoms with E-state index in [0.29, 0.717) is 0 Å². The minimum absolute atomic E-state index is 0.0253. The molecule has 0 aromatic heterocycles. The molecule has 1 N–H and O–H groups in total. The van der Waals surface area contributed by atoms with Crippen molar-refractivity contribution in [2.45, 2.75) is 136 Å². The fourth-order valence-electron chi connectivity index (χ4n) is 10.3. The quantitative estimate of drug-likeness (QED) is 0.0741. The van der Waals surface area contributed by atoms with E-state index < -0.39 is 0 Å². The van der Waals surface area contributed by atoms with Gasteiger partial charge in [-0.15, -0.1) is 0 Å². The number of hydrogen-bond donors (Lipinski definition) is 1. The molecule has 3 heterocycles. The maximum Gasteiger partial charge on any atom is 0.251 e. The molecule has 58 heavy (non-hydrogen) atoms. The van der Waals surface area contributed by atoms with Gasteiger partial charge in [-0.05, 0) is 61.7 Å². The third kappa shape index (κ3) is 7.66. The number of nitrogens with zero attached hydrogens (tertiary/aromatic N) is 2. The average Bonchev–Trinajstić information content (AvgIpc) is 3.66. The van der Waals surface area contributed by atoms with E-state index in [0.717, 1.165) is 56.2 Å². The molecule has 0 fully saturated rings. The number of unbranched alkanes of at least 4 members (excludes halogenated alkanes) is 10. The Morgan fingerprint density at radius 3 is 2.00 bits per heavy atom. The van der Waals surface area contributed by atoms with E-state index in [9.17, 15) is 4.79 Å². The fraction of sp³-hybridized carbons (Fsp3) is 0.472. The van der Waals surface area contributed by atoms with Crippen LogP contribution in [0.4, 0.5) is 5.69 Å². The van der Waals surface area contributed by atoms with Crippen LogP contribution in [0.3, 0.4) is 0 Å². The molecule has 0 radical (unpaired) electrons. The van der Waals surface area contributed by atoms with E-state index in [2.05, 4.69) is 123 Å². The van der Waals surface area contributed by atoms with Crippen LogP contribution in [0.1, 0.15) is 151 Å². The summed E-state index contributed by atoms with van der Waals surface area (Å²) in [6, 6.07) is 26.2. The third-order valence-corrected chi connectivity index (χ3v) is 13.2. The van der Waals surface area contributed by atoms with E-state index in [4.69, 9.17) is 4.74 Å². The third-order valence-electron chi connectivity index (χ3n) is 13.2. The first-order valence-electron chi connectivity index (χ1n) is 22.7. The van der Waals surface area contributed by atoms with Gasteiger partial charge in [0.15, 0.2) is 13.1 Å². The lowest BCUT2D eigenvalue weighted by molar-refractivity contribution is 0.0953. The van der Waals surface area contributed by atoms with Gasteiger partial charge in [0.05, 0.1) is 22.1 Å². The molecule has 8 rings (SSSR count). The van der Waals surface area contributed by atoms with E-state index in [1.54, 1.807) is 0 Å². The second-order valence-electron chi connectivity index (χ2n) is 18.8. The van der Waals surface area contributed by atoms with E-state index in [1.165, 1.54) is 131 Å². The summed E-state index contributed by atoms with van der Waals surface area (Å²) in [6.07, 6.45) is 17.8. The monoisotopic (exact) mass is 777 g/mol. The largest absolute Gasteiger partial charge is 0.455 e. The zero-order valence-electron chi connectivity index (χ0n) is 36.2. The minimum Gasteiger partial charge on any atom is -0.455 e. The Morgan fingerprint density at radius 1 is 0.690 bits per heavy atom. The Balaban J connectivity index is 1.08. The van der Waals surface area contributed by atoms with Gasteiger partial charge in [0.2, 0.25) is 5.36 Å². The number of nitrogens with one attached hydrogen (secondary N) is 1. The van der Waals surface area contributed by atoms with Crippen molar-refractivity contribution in [2.75, 3.05) is 31.1 Å². The number of carbonyl (C=O) groups excluding carboxylic acids is 1. The SMILES string of the molecule is CCCCCCCCCCCCNC(=O)c1ccc(C[N+]2=c3c(c4c(c5ccccc35)=Cc3c(c5c(c6ccccc36)N(CCCC)CC5(C)C)O4)C(C)(C)C2)cc1. The number of fused-ring (bicyclic) bond motifs is 12. The van der Waals surface area contributed by atoms with Crippen LogP contribution < -0.4 is 30.1 Å². The summed E-state index contributed by atoms with van der Waals surface area (Å²) in [5.74, 6) is 2.08. The lowest BCUT2D eigenvalue weighted by atomic mass is 9.81. The van der Waals surface area contributed by atoms with Crippen LogP contribution >= 0.6 is 0 Å². The second kappa shape index (κ2) is 16.9. The molecule has 1 amide bonds. The van der Waals surface area contributed by atoms with Crippen LogP contribution in [0.25, 0.3) is 27.6 Å². The first-order chi connectivity index (χ1) is 28.1. The molecule has 0 unspecified atom stereocenters. The Kier molecular flexibility index (Phi) is 11.7. The van der Waals surface area contributed by atoms with Gasteiger partial charge < -0.3 is 15.0 Å². The van der Waals surface area contributed by atoms with Crippen molar-refractivity contribution >= 4 is 39.2 Å². The van der Waals surface area contributed by atoms with Gasteiger partial charge >= 0.3 is 0 Å². The van der Waals surface area contributed by atoms with Crippen LogP contribution in [0.5, 0.6) is 11.5 Å². The maximum atomic E-state index is 13.1. The van der Waals surface area contributed by atoms with Crippen LogP contribution in [-0.4, -0.2) is 32.1 Å². The molecule has 5 nitrogen and oxygen atoms in total. The average molecular weight is 777 g/mol. The molecule has 0 atom stereocenters. The van der Waals surface area contributed by atoms with Gasteiger partial charge in [-0.3, -0.25) is 4.79 Å². The van der Waals surface area contributed by atoms with Crippen LogP contribution in [0.15, 0.2) is 72.8 Å². The minimum atomic E-state index is -0.147. The number of carbonyl (C=O) groups is 1. The summed E-state index contributed by atoms with van der Waals surface area (Å²) >= 11 is 0. The van der Waals surface area contributed by atoms with Gasteiger partial charge in [0.25, 0.3) is 5.91 Å². The van der Waals surface area contributed by atoms with Crippen molar-refractivity contribution in [1.29, 1.82) is 0 Å². The topological polar surface area (TPSA) is 44.6 Å². The Morgan fingerprint density at radius 2 is 1.31 bits per heavy atom. The zero-order valence-corrected chi connectivity index (χ0v) is 36.2. The van der Waals surface area contributed by atoms with Gasteiger partial charge in [-0.25, -0.2) is 4.58 Å². The number of rotatable bonds is 17. The molecule has 0 saturated heterocycles. The lowest BCUT2D eigenvalue weighted by Gasteiger charge is -2.28. The number of ether oxygens (including phenoxy) is 1. The number of hydrogen-bond acceptors (Lipinski definition) is 3. The van der Waals surface area contributed by atoms with E-state index in [1.807, 2.05) is 12.1 Å². The molecule has 3 aliphatic rings. The maximum absolute atomic E-state index is 13.1. The highest BCUT2D eigenvalue weighted by atomic mass is 16.5. The van der Waals surface area contributed by atoms with Crippen molar-refractivity contribution in [1.82, 2.24) is 9.89 Å². The number of anilines is 1. The summed E-state index contributed by atoms with van der Waals surface area (Å²) in [7, 11) is 0. The fourth-order valence-corrected chi connectivity index (χ4v) is 10.3. The van der Waals surface area contributed by atoms with Gasteiger partial charge in [-0.2, -0.15) is 0 Å². The Hall–Kier alpha value is -4.64. The number of benzene rings is 5. The Bertz CT molecular complexity index is 2440. The normalized spacial score (nSPS) is 15.8. The Labute approximate surface area is 347 Å². The van der Waals surface area contributed by atoms with Crippen LogP contribution in [-0.2, 0) is 17.4 Å². The van der Waals surface area contributed by atoms with Crippen LogP contribution in [0, 0.1) is 0 Å². The molecule has 0 aliphatic carbocycles. The van der Waals surface area contributed by atoms with Crippen molar-refractivity contribution in [3.8, 4) is 11.5 Å². The molecule has 0 saturated carbocycles. The molecule has 0 bridgehead atoms. The first kappa shape index (κ1) is 40.2. The standard InChI is InChI=1S/C53H65N3O2/c1-7-9-11-12-13-14-15-16-17-22-31-54-51(57)38-29-27-37(28-30-38)34-56-36-53(5,6)46-48(56)42-26-21-19-24-40(42)44-33-43-39-23-18-20-25-41(39)47-45(49(43)58-50(44)46)52(3,4)35-55(47)32-10-8-2/h18-21,23-30,33H,7-17,22,31-32,34-36H2,1-6H3/p+1. The van der Waals surface area contributed by atoms with E-state index in [-0.39, 0.29) is 16.7 Å². The zero-order chi connectivity index (χ0) is 40.4. The van der Waals surface area contributed by atoms with Crippen molar-refractivity contribution < 1.29 is 9.53 Å². The highest BCUT2D eigenvalue weighted by Crippen LogP contribution is 2.54. The van der Waals surface area contributed by atoms with Gasteiger partial charge in [-0.1, -0.05) is 147 Å². The number of amides is 1. The molecular formula is C53H66N3O2+. The smallest absolute Gasteiger partial charge is 0.251 e. The summed E-state index contributed by atoms with van der Waals surface area (Å²) in [6.45, 7) is 18.5. The van der Waals surface area contributed by atoms with Crippen molar-refractivity contribution in [2.24, 2.45) is 0 Å². The summed E-state index contributed by atoms with van der Waals surface area (Å²) in [5.41, 5.74) is 6.94. The predicted molar refractivity (Wildman–Crippen MR) is 244 cm³/mol. The highest BCUT2D eigenvalue weighted by molar-refractivity contribution is 6.06. The predicted octanol–water partition coefficient (Wildman–Crippen LogP) is 11.5. The van der Waals surface area contributed by atoms with Crippen molar-refractivity contribution in [3.63, 3.8) is 0 Å². The second-order valence-corrected chi connectivity index (χ2v) is 18.8. The molecule has 304 valence electrons. The van der Waals surface area contributed by atoms with Crippen LogP contribution in [0.2, 0.25) is 0 Å². The lowest BCUT2D eigenvalue weighted by Crippen LogP contribution is -2.30. The molecular weight excluding hydrogens is 711 g/mol. The van der Waals surface area contributed by atoms with Crippen molar-refractivity contribution in [3.05, 3.63) is 111 Å². The molecule has 3 aliphatic heterocycles. The first-order valence-corrected chi connectivity index (χ1v) is 22.7. The van der Waals surface area contributed by atoms with E-state index >= 15 is 0 Å². The molecule has 5 aromatic rings. The summed E-state index contributed by atoms with van der Waals surface area (Å²) in [5, 5.41) is 10.7. The molecule has 5 heteroatoms. The molecule has 0 spiro atoms. The molecule has 5 aromatic carbocycles. The highest BCUT2D eigenvalue weighted by Gasteiger charge is 2.45. The van der Waals surface area contributed by atoms with Gasteiger partial charge in [0.1, 0.15) is 11.5 Å².